The number of nitrogens with zero attached hydrogens (tertiary/aromatic N) is 1. The van der Waals surface area contributed by atoms with Crippen LogP contribution in [0.25, 0.3) is 0 Å². The topological polar surface area (TPSA) is 67.9 Å². The second-order valence-electron chi connectivity index (χ2n) is 6.88. The number of hydrogen-bond donors (Lipinski definition) is 1. The van der Waals surface area contributed by atoms with E-state index < -0.39 is 0 Å². The fourth-order valence-corrected chi connectivity index (χ4v) is 3.47. The van der Waals surface area contributed by atoms with E-state index in [4.69, 9.17) is 9.47 Å². The molecular weight excluding hydrogens is 344 g/mol. The minimum absolute atomic E-state index is 0.0530. The second-order valence-corrected chi connectivity index (χ2v) is 6.88. The van der Waals surface area contributed by atoms with Gasteiger partial charge >= 0.3 is 0 Å². The third-order valence-electron chi connectivity index (χ3n) is 5.05. The first-order valence-electron chi connectivity index (χ1n) is 9.14. The number of anilines is 1. The van der Waals surface area contributed by atoms with E-state index in [1.165, 1.54) is 0 Å². The molecule has 4 rings (SSSR count). The highest BCUT2D eigenvalue weighted by Crippen LogP contribution is 2.36. The van der Waals surface area contributed by atoms with Crippen LogP contribution in [-0.2, 0) is 16.1 Å². The van der Waals surface area contributed by atoms with Crippen LogP contribution >= 0.6 is 0 Å². The maximum Gasteiger partial charge on any atom is 0.227 e. The molecule has 140 valence electrons. The summed E-state index contributed by atoms with van der Waals surface area (Å²) in [4.78, 5) is 26.7. The van der Waals surface area contributed by atoms with Crippen LogP contribution in [0.2, 0.25) is 0 Å². The van der Waals surface area contributed by atoms with Gasteiger partial charge < -0.3 is 19.7 Å². The van der Waals surface area contributed by atoms with E-state index in [2.05, 4.69) is 5.32 Å². The average Bonchev–Trinajstić information content (AvgIpc) is 3.08. The normalized spacial score (nSPS) is 18.5. The van der Waals surface area contributed by atoms with Gasteiger partial charge in [0.25, 0.3) is 0 Å². The maximum atomic E-state index is 12.6. The number of aryl methyl sites for hydroxylation is 1. The lowest BCUT2D eigenvalue weighted by Crippen LogP contribution is -2.32. The summed E-state index contributed by atoms with van der Waals surface area (Å²) >= 11 is 0. The number of fused-ring (bicyclic) bond motifs is 1. The van der Waals surface area contributed by atoms with Crippen molar-refractivity contribution in [1.29, 1.82) is 0 Å². The highest BCUT2D eigenvalue weighted by Gasteiger charge is 2.35. The van der Waals surface area contributed by atoms with Crippen molar-refractivity contribution in [3.8, 4) is 11.5 Å². The summed E-state index contributed by atoms with van der Waals surface area (Å²) in [5.41, 5.74) is 2.95. The van der Waals surface area contributed by atoms with Crippen molar-refractivity contribution in [2.24, 2.45) is 5.92 Å². The smallest absolute Gasteiger partial charge is 0.227 e. The summed E-state index contributed by atoms with van der Waals surface area (Å²) in [6.07, 6.45) is 0.216. The van der Waals surface area contributed by atoms with Gasteiger partial charge in [-0.1, -0.05) is 24.3 Å². The van der Waals surface area contributed by atoms with Crippen LogP contribution in [0.5, 0.6) is 11.5 Å². The minimum Gasteiger partial charge on any atom is -0.486 e. The molecule has 0 aliphatic carbocycles. The van der Waals surface area contributed by atoms with Crippen LogP contribution in [-0.4, -0.2) is 31.6 Å². The summed E-state index contributed by atoms with van der Waals surface area (Å²) in [6, 6.07) is 13.4. The number of hydrogen-bond acceptors (Lipinski definition) is 4. The first kappa shape index (κ1) is 17.4. The molecule has 1 saturated heterocycles. The number of ether oxygens (including phenoxy) is 2. The Morgan fingerprint density at radius 1 is 1.15 bits per heavy atom. The number of carbonyl (C=O) groups is 2. The van der Waals surface area contributed by atoms with Crippen molar-refractivity contribution < 1.29 is 19.1 Å². The van der Waals surface area contributed by atoms with Gasteiger partial charge in [-0.15, -0.1) is 0 Å². The van der Waals surface area contributed by atoms with Crippen molar-refractivity contribution in [3.05, 3.63) is 53.6 Å². The predicted octanol–water partition coefficient (Wildman–Crippen LogP) is 2.44. The molecule has 0 aromatic heterocycles. The molecule has 2 heterocycles. The molecule has 1 atom stereocenters. The largest absolute Gasteiger partial charge is 0.486 e. The van der Waals surface area contributed by atoms with E-state index in [9.17, 15) is 9.59 Å². The Bertz CT molecular complexity index is 880. The van der Waals surface area contributed by atoms with E-state index in [1.54, 1.807) is 11.0 Å². The number of nitrogens with one attached hydrogen (secondary N) is 1. The standard InChI is InChI=1S/C21H22N2O4/c1-14-4-2-3-5-15(14)12-22-21(25)16-10-20(24)23(13-16)17-6-7-18-19(11-17)27-9-8-26-18/h2-7,11,16H,8-10,12-13H2,1H3,(H,22,25). The van der Waals surface area contributed by atoms with E-state index >= 15 is 0 Å². The number of rotatable bonds is 4. The molecule has 1 fully saturated rings. The number of benzene rings is 2. The Labute approximate surface area is 158 Å². The van der Waals surface area contributed by atoms with Crippen LogP contribution in [0.4, 0.5) is 5.69 Å². The summed E-state index contributed by atoms with van der Waals surface area (Å²) in [6.45, 7) is 3.88. The SMILES string of the molecule is Cc1ccccc1CNC(=O)C1CC(=O)N(c2ccc3c(c2)OCCO3)C1. The molecule has 27 heavy (non-hydrogen) atoms. The fourth-order valence-electron chi connectivity index (χ4n) is 3.47. The molecule has 6 nitrogen and oxygen atoms in total. The molecule has 0 radical (unpaired) electrons. The van der Waals surface area contributed by atoms with Gasteiger partial charge in [-0.3, -0.25) is 9.59 Å². The van der Waals surface area contributed by atoms with E-state index in [-0.39, 0.29) is 24.2 Å². The lowest BCUT2D eigenvalue weighted by atomic mass is 10.1. The van der Waals surface area contributed by atoms with Gasteiger partial charge in [0, 0.05) is 31.3 Å². The van der Waals surface area contributed by atoms with Gasteiger partial charge in [-0.25, -0.2) is 0 Å². The third kappa shape index (κ3) is 3.60. The number of carbonyl (C=O) groups excluding carboxylic acids is 2. The minimum atomic E-state index is -0.352. The van der Waals surface area contributed by atoms with Gasteiger partial charge in [0.05, 0.1) is 5.92 Å². The molecule has 0 saturated carbocycles. The van der Waals surface area contributed by atoms with Gasteiger partial charge in [-0.05, 0) is 30.2 Å². The van der Waals surface area contributed by atoms with Crippen molar-refractivity contribution in [1.82, 2.24) is 5.32 Å². The molecule has 6 heteroatoms. The molecule has 2 aliphatic rings. The molecular formula is C21H22N2O4. The Kier molecular flexibility index (Phi) is 4.71. The molecule has 2 aromatic carbocycles. The van der Waals surface area contributed by atoms with E-state index in [0.29, 0.717) is 37.8 Å². The first-order chi connectivity index (χ1) is 13.1. The third-order valence-corrected chi connectivity index (χ3v) is 5.05. The Hall–Kier alpha value is -3.02. The lowest BCUT2D eigenvalue weighted by Gasteiger charge is -2.22. The van der Waals surface area contributed by atoms with Gasteiger partial charge in [-0.2, -0.15) is 0 Å². The Morgan fingerprint density at radius 2 is 1.93 bits per heavy atom. The maximum absolute atomic E-state index is 12.6. The van der Waals surface area contributed by atoms with E-state index in [0.717, 1.165) is 16.8 Å². The average molecular weight is 366 g/mol. The quantitative estimate of drug-likeness (QED) is 0.902. The lowest BCUT2D eigenvalue weighted by molar-refractivity contribution is -0.126. The number of amides is 2. The molecule has 1 N–H and O–H groups in total. The monoisotopic (exact) mass is 366 g/mol. The van der Waals surface area contributed by atoms with Gasteiger partial charge in [0.15, 0.2) is 11.5 Å². The highest BCUT2D eigenvalue weighted by molar-refractivity contribution is 6.00. The first-order valence-corrected chi connectivity index (χ1v) is 9.14. The molecule has 2 aromatic rings. The Morgan fingerprint density at radius 3 is 2.74 bits per heavy atom. The fraction of sp³-hybridized carbons (Fsp3) is 0.333. The van der Waals surface area contributed by atoms with Gasteiger partial charge in [0.1, 0.15) is 13.2 Å². The highest BCUT2D eigenvalue weighted by atomic mass is 16.6. The van der Waals surface area contributed by atoms with Crippen LogP contribution in [0, 0.1) is 12.8 Å². The predicted molar refractivity (Wildman–Crippen MR) is 101 cm³/mol. The Balaban J connectivity index is 1.41. The zero-order valence-electron chi connectivity index (χ0n) is 15.2. The van der Waals surface area contributed by atoms with Gasteiger partial charge in [0.2, 0.25) is 11.8 Å². The van der Waals surface area contributed by atoms with E-state index in [1.807, 2.05) is 43.3 Å². The zero-order valence-corrected chi connectivity index (χ0v) is 15.2. The summed E-state index contributed by atoms with van der Waals surface area (Å²) in [7, 11) is 0. The molecule has 0 spiro atoms. The summed E-state index contributed by atoms with van der Waals surface area (Å²) < 4.78 is 11.1. The molecule has 0 bridgehead atoms. The van der Waals surface area contributed by atoms with Crippen molar-refractivity contribution in [2.45, 2.75) is 19.9 Å². The molecule has 2 aliphatic heterocycles. The second kappa shape index (κ2) is 7.31. The van der Waals surface area contributed by atoms with Crippen molar-refractivity contribution in [3.63, 3.8) is 0 Å². The summed E-state index contributed by atoms with van der Waals surface area (Å²) in [5, 5.41) is 2.96. The molecule has 2 amide bonds. The molecule has 1 unspecified atom stereocenters. The van der Waals surface area contributed by atoms with Crippen molar-refractivity contribution >= 4 is 17.5 Å². The zero-order chi connectivity index (χ0) is 18.8. The van der Waals surface area contributed by atoms with Crippen molar-refractivity contribution in [2.75, 3.05) is 24.7 Å². The summed E-state index contributed by atoms with van der Waals surface area (Å²) in [5.74, 6) is 0.826. The van der Waals surface area contributed by atoms with Crippen LogP contribution in [0.1, 0.15) is 17.5 Å². The van der Waals surface area contributed by atoms with Crippen LogP contribution in [0.3, 0.4) is 0 Å². The van der Waals surface area contributed by atoms with Crippen LogP contribution in [0.15, 0.2) is 42.5 Å². The van der Waals surface area contributed by atoms with Crippen LogP contribution < -0.4 is 19.7 Å².